The molecule has 18 heavy (non-hydrogen) atoms. The Morgan fingerprint density at radius 2 is 1.89 bits per heavy atom. The fraction of sp³-hybridized carbons (Fsp3) is 0.923. The molecular formula is C13H24O4Si. The highest BCUT2D eigenvalue weighted by Crippen LogP contribution is 2.42. The normalized spacial score (nSPS) is 36.4. The zero-order chi connectivity index (χ0) is 13.7. The number of fused-ring (bicyclic) bond motifs is 2. The second-order valence-electron chi connectivity index (χ2n) is 6.81. The molecule has 0 radical (unpaired) electrons. The summed E-state index contributed by atoms with van der Waals surface area (Å²) in [6.07, 6.45) is -0.360. The number of hydrogen-bond donors (Lipinski definition) is 0. The Balaban J connectivity index is 2.15. The van der Waals surface area contributed by atoms with Gasteiger partial charge in [0.05, 0.1) is 6.10 Å². The highest BCUT2D eigenvalue weighted by Gasteiger charge is 2.57. The predicted octanol–water partition coefficient (Wildman–Crippen LogP) is 2.13. The zero-order valence-corrected chi connectivity index (χ0v) is 13.1. The molecule has 2 aliphatic heterocycles. The minimum atomic E-state index is -1.91. The van der Waals surface area contributed by atoms with Crippen LogP contribution in [0.25, 0.3) is 0 Å². The fourth-order valence-corrected chi connectivity index (χ4v) is 3.69. The van der Waals surface area contributed by atoms with Crippen LogP contribution in [-0.2, 0) is 18.7 Å². The number of rotatable bonds is 3. The van der Waals surface area contributed by atoms with Gasteiger partial charge in [0.1, 0.15) is 18.3 Å². The van der Waals surface area contributed by atoms with Gasteiger partial charge >= 0.3 is 0 Å². The second kappa shape index (κ2) is 4.40. The Kier molecular flexibility index (Phi) is 3.47. The van der Waals surface area contributed by atoms with E-state index in [9.17, 15) is 4.79 Å². The van der Waals surface area contributed by atoms with Crippen LogP contribution in [0.5, 0.6) is 0 Å². The van der Waals surface area contributed by atoms with E-state index >= 15 is 0 Å². The molecule has 2 bridgehead atoms. The average molecular weight is 272 g/mol. The van der Waals surface area contributed by atoms with Crippen molar-refractivity contribution in [3.05, 3.63) is 0 Å². The molecule has 2 rings (SSSR count). The SMILES string of the molecule is CO[C@H]1[C@H](O[Si](C)(C)C(C)(C)C)[C@H]2O[C@@H]1CC2=O. The standard InChI is InChI=1S/C13H24O4Si/c1-13(2,3)18(5,6)17-12-10-8(14)7-9(16-10)11(12)15-4/h9-12H,7H2,1-6H3/t9-,10+,11-,12-/m1/s1. The highest BCUT2D eigenvalue weighted by molar-refractivity contribution is 6.74. The summed E-state index contributed by atoms with van der Waals surface area (Å²) in [4.78, 5) is 11.8. The monoisotopic (exact) mass is 272 g/mol. The smallest absolute Gasteiger partial charge is 0.192 e. The van der Waals surface area contributed by atoms with Gasteiger partial charge in [0.2, 0.25) is 0 Å². The van der Waals surface area contributed by atoms with Crippen LogP contribution in [0.3, 0.4) is 0 Å². The van der Waals surface area contributed by atoms with Crippen LogP contribution in [0.15, 0.2) is 0 Å². The molecule has 0 saturated carbocycles. The number of ether oxygens (including phenoxy) is 2. The Hall–Kier alpha value is -0.233. The van der Waals surface area contributed by atoms with Gasteiger partial charge in [-0.25, -0.2) is 0 Å². The minimum Gasteiger partial charge on any atom is -0.408 e. The zero-order valence-electron chi connectivity index (χ0n) is 12.1. The van der Waals surface area contributed by atoms with Gasteiger partial charge in [0, 0.05) is 13.5 Å². The first-order valence-electron chi connectivity index (χ1n) is 6.56. The third kappa shape index (κ3) is 2.17. The first-order valence-corrected chi connectivity index (χ1v) is 9.47. The molecule has 0 aromatic heterocycles. The van der Waals surface area contributed by atoms with E-state index in [1.807, 2.05) is 0 Å². The van der Waals surface area contributed by atoms with E-state index in [0.717, 1.165) is 0 Å². The van der Waals surface area contributed by atoms with Crippen molar-refractivity contribution in [2.75, 3.05) is 7.11 Å². The van der Waals surface area contributed by atoms with E-state index in [2.05, 4.69) is 33.9 Å². The van der Waals surface area contributed by atoms with Crippen LogP contribution >= 0.6 is 0 Å². The van der Waals surface area contributed by atoms with Crippen LogP contribution in [-0.4, -0.2) is 45.6 Å². The van der Waals surface area contributed by atoms with Gasteiger partial charge in [0.25, 0.3) is 0 Å². The molecule has 4 nitrogen and oxygen atoms in total. The third-order valence-corrected chi connectivity index (χ3v) is 9.01. The highest BCUT2D eigenvalue weighted by atomic mass is 28.4. The van der Waals surface area contributed by atoms with Crippen molar-refractivity contribution in [3.63, 3.8) is 0 Å². The number of methoxy groups -OCH3 is 1. The maximum Gasteiger partial charge on any atom is 0.192 e. The van der Waals surface area contributed by atoms with E-state index in [1.54, 1.807) is 7.11 Å². The molecule has 2 aliphatic rings. The van der Waals surface area contributed by atoms with E-state index in [-0.39, 0.29) is 29.1 Å². The molecule has 2 saturated heterocycles. The van der Waals surface area contributed by atoms with Crippen molar-refractivity contribution in [1.82, 2.24) is 0 Å². The lowest BCUT2D eigenvalue weighted by atomic mass is 9.94. The maximum absolute atomic E-state index is 11.8. The summed E-state index contributed by atoms with van der Waals surface area (Å²) in [5.41, 5.74) is 0. The molecule has 104 valence electrons. The quantitative estimate of drug-likeness (QED) is 0.738. The van der Waals surface area contributed by atoms with Crippen LogP contribution in [0.2, 0.25) is 18.1 Å². The van der Waals surface area contributed by atoms with Gasteiger partial charge in [-0.1, -0.05) is 20.8 Å². The van der Waals surface area contributed by atoms with Gasteiger partial charge in [-0.05, 0) is 18.1 Å². The molecule has 2 fully saturated rings. The molecule has 0 aliphatic carbocycles. The number of carbonyl (C=O) groups excluding carboxylic acids is 1. The lowest BCUT2D eigenvalue weighted by Gasteiger charge is -2.41. The lowest BCUT2D eigenvalue weighted by Crippen LogP contribution is -2.53. The number of hydrogen-bond acceptors (Lipinski definition) is 4. The summed E-state index contributed by atoms with van der Waals surface area (Å²) < 4.78 is 17.5. The first kappa shape index (κ1) is 14.2. The van der Waals surface area contributed by atoms with Crippen molar-refractivity contribution in [1.29, 1.82) is 0 Å². The number of ketones is 1. The molecule has 0 amide bonds. The van der Waals surface area contributed by atoms with Gasteiger partial charge < -0.3 is 13.9 Å². The Bertz CT molecular complexity index is 347. The number of Topliss-reactive ketones (excluding diaryl/α,β-unsaturated/α-hetero) is 1. The molecule has 4 atom stereocenters. The summed E-state index contributed by atoms with van der Waals surface area (Å²) in [6.45, 7) is 11.0. The fourth-order valence-electron chi connectivity index (χ4n) is 2.40. The average Bonchev–Trinajstić information content (AvgIpc) is 2.71. The third-order valence-electron chi connectivity index (χ3n) is 4.54. The molecular weight excluding hydrogens is 248 g/mol. The van der Waals surface area contributed by atoms with E-state index in [4.69, 9.17) is 13.9 Å². The molecule has 0 spiro atoms. The molecule has 0 aromatic rings. The van der Waals surface area contributed by atoms with Crippen LogP contribution < -0.4 is 0 Å². The summed E-state index contributed by atoms with van der Waals surface area (Å²) in [6, 6.07) is 0. The second-order valence-corrected chi connectivity index (χ2v) is 11.6. The van der Waals surface area contributed by atoms with Gasteiger partial charge in [-0.15, -0.1) is 0 Å². The summed E-state index contributed by atoms with van der Waals surface area (Å²) in [5.74, 6) is 0.164. The number of carbonyl (C=O) groups is 1. The van der Waals surface area contributed by atoms with E-state index < -0.39 is 14.4 Å². The van der Waals surface area contributed by atoms with Crippen molar-refractivity contribution in [3.8, 4) is 0 Å². The van der Waals surface area contributed by atoms with Gasteiger partial charge in [-0.3, -0.25) is 4.79 Å². The van der Waals surface area contributed by atoms with Crippen LogP contribution in [0.4, 0.5) is 0 Å². The van der Waals surface area contributed by atoms with Crippen molar-refractivity contribution in [2.45, 2.75) is 69.7 Å². The molecule has 0 N–H and O–H groups in total. The van der Waals surface area contributed by atoms with Crippen molar-refractivity contribution >= 4 is 14.1 Å². The van der Waals surface area contributed by atoms with Gasteiger partial charge in [0.15, 0.2) is 14.1 Å². The lowest BCUT2D eigenvalue weighted by molar-refractivity contribution is -0.127. The molecule has 0 aromatic carbocycles. The van der Waals surface area contributed by atoms with Crippen molar-refractivity contribution < 1.29 is 18.7 Å². The van der Waals surface area contributed by atoms with Crippen LogP contribution in [0.1, 0.15) is 27.2 Å². The summed E-state index contributed by atoms with van der Waals surface area (Å²) in [7, 11) is -0.239. The summed E-state index contributed by atoms with van der Waals surface area (Å²) >= 11 is 0. The van der Waals surface area contributed by atoms with Gasteiger partial charge in [-0.2, -0.15) is 0 Å². The largest absolute Gasteiger partial charge is 0.408 e. The van der Waals surface area contributed by atoms with Crippen molar-refractivity contribution in [2.24, 2.45) is 0 Å². The predicted molar refractivity (Wildman–Crippen MR) is 71.2 cm³/mol. The van der Waals surface area contributed by atoms with E-state index in [1.165, 1.54) is 0 Å². The maximum atomic E-state index is 11.8. The summed E-state index contributed by atoms with van der Waals surface area (Å²) in [5, 5.41) is 0.121. The Morgan fingerprint density at radius 3 is 2.39 bits per heavy atom. The molecule has 2 heterocycles. The van der Waals surface area contributed by atoms with Crippen LogP contribution in [0, 0.1) is 0 Å². The topological polar surface area (TPSA) is 44.8 Å². The first-order chi connectivity index (χ1) is 8.17. The molecule has 5 heteroatoms. The Labute approximate surface area is 110 Å². The van der Waals surface area contributed by atoms with E-state index in [0.29, 0.717) is 6.42 Å². The minimum absolute atomic E-state index is 0.0955. The Morgan fingerprint density at radius 1 is 1.28 bits per heavy atom. The molecule has 0 unspecified atom stereocenters.